The molecule has 0 atom stereocenters. The van der Waals surface area contributed by atoms with Crippen LogP contribution in [0.15, 0.2) is 6.07 Å². The molecule has 112 valence electrons. The molecule has 1 aliphatic carbocycles. The van der Waals surface area contributed by atoms with Gasteiger partial charge in [-0.05, 0) is 44.6 Å². The highest BCUT2D eigenvalue weighted by Gasteiger charge is 2.21. The lowest BCUT2D eigenvalue weighted by Crippen LogP contribution is -2.26. The van der Waals surface area contributed by atoms with Crippen LogP contribution in [0, 0.1) is 5.92 Å². The van der Waals surface area contributed by atoms with E-state index in [9.17, 15) is 0 Å². The van der Waals surface area contributed by atoms with Crippen molar-refractivity contribution in [2.45, 2.75) is 52.0 Å². The highest BCUT2D eigenvalue weighted by molar-refractivity contribution is 6.37. The second-order valence-electron chi connectivity index (χ2n) is 5.45. The summed E-state index contributed by atoms with van der Waals surface area (Å²) in [6, 6.07) is 2.23. The summed E-state index contributed by atoms with van der Waals surface area (Å²) >= 11 is 12.4. The van der Waals surface area contributed by atoms with Gasteiger partial charge in [-0.3, -0.25) is 0 Å². The van der Waals surface area contributed by atoms with Gasteiger partial charge in [0.05, 0.1) is 10.0 Å². The average molecular weight is 316 g/mol. The minimum atomic E-state index is 0.471. The summed E-state index contributed by atoms with van der Waals surface area (Å²) in [5.74, 6) is 2.33. The minimum absolute atomic E-state index is 0.471. The van der Waals surface area contributed by atoms with E-state index in [0.717, 1.165) is 18.3 Å². The van der Waals surface area contributed by atoms with Crippen molar-refractivity contribution in [3.05, 3.63) is 16.1 Å². The van der Waals surface area contributed by atoms with E-state index in [0.29, 0.717) is 21.9 Å². The van der Waals surface area contributed by atoms with Crippen LogP contribution < -0.4 is 10.6 Å². The molecule has 1 heterocycles. The maximum atomic E-state index is 6.24. The normalized spacial score (nSPS) is 22.6. The molecule has 0 aliphatic heterocycles. The number of nitrogens with zero attached hydrogens (tertiary/aromatic N) is 1. The fourth-order valence-corrected chi connectivity index (χ4v) is 3.25. The lowest BCUT2D eigenvalue weighted by molar-refractivity contribution is 0.330. The highest BCUT2D eigenvalue weighted by atomic mass is 35.5. The molecular formula is C15H23Cl2N3. The van der Waals surface area contributed by atoms with Gasteiger partial charge in [0.1, 0.15) is 11.6 Å². The first kappa shape index (κ1) is 15.7. The average Bonchev–Trinajstić information content (AvgIpc) is 2.45. The van der Waals surface area contributed by atoms with E-state index in [-0.39, 0.29) is 0 Å². The third kappa shape index (κ3) is 3.92. The van der Waals surface area contributed by atoms with Gasteiger partial charge in [0.15, 0.2) is 0 Å². The first-order valence-corrected chi connectivity index (χ1v) is 8.26. The zero-order chi connectivity index (χ0) is 14.5. The predicted molar refractivity (Wildman–Crippen MR) is 88.1 cm³/mol. The summed E-state index contributed by atoms with van der Waals surface area (Å²) in [6.45, 7) is 5.08. The van der Waals surface area contributed by atoms with E-state index in [1.54, 1.807) is 6.07 Å². The summed E-state index contributed by atoms with van der Waals surface area (Å²) < 4.78 is 0. The molecule has 3 nitrogen and oxygen atoms in total. The van der Waals surface area contributed by atoms with Crippen LogP contribution in [0.1, 0.15) is 46.0 Å². The smallest absolute Gasteiger partial charge is 0.147 e. The van der Waals surface area contributed by atoms with Crippen LogP contribution in [0.5, 0.6) is 0 Å². The SMILES string of the molecule is CCNc1nc(NC2CCC(CC)CC2)c(Cl)cc1Cl. The van der Waals surface area contributed by atoms with Crippen LogP contribution in [-0.4, -0.2) is 17.6 Å². The van der Waals surface area contributed by atoms with E-state index in [2.05, 4.69) is 22.5 Å². The van der Waals surface area contributed by atoms with Crippen molar-refractivity contribution in [1.82, 2.24) is 4.98 Å². The molecule has 5 heteroatoms. The molecule has 0 aromatic carbocycles. The molecule has 1 aromatic heterocycles. The molecule has 0 saturated heterocycles. The first-order valence-electron chi connectivity index (χ1n) is 7.50. The van der Waals surface area contributed by atoms with E-state index in [1.807, 2.05) is 6.92 Å². The Balaban J connectivity index is 2.03. The van der Waals surface area contributed by atoms with E-state index in [1.165, 1.54) is 32.1 Å². The van der Waals surface area contributed by atoms with Gasteiger partial charge in [0, 0.05) is 12.6 Å². The Bertz CT molecular complexity index is 443. The molecule has 0 spiro atoms. The second kappa shape index (κ2) is 7.37. The van der Waals surface area contributed by atoms with Crippen molar-refractivity contribution < 1.29 is 0 Å². The number of aromatic nitrogens is 1. The monoisotopic (exact) mass is 315 g/mol. The molecule has 1 saturated carbocycles. The third-order valence-electron chi connectivity index (χ3n) is 4.04. The molecular weight excluding hydrogens is 293 g/mol. The quantitative estimate of drug-likeness (QED) is 0.784. The molecule has 0 unspecified atom stereocenters. The number of anilines is 2. The van der Waals surface area contributed by atoms with Crippen molar-refractivity contribution >= 4 is 34.8 Å². The van der Waals surface area contributed by atoms with Gasteiger partial charge in [-0.1, -0.05) is 36.5 Å². The molecule has 1 aromatic rings. The minimum Gasteiger partial charge on any atom is -0.369 e. The Morgan fingerprint density at radius 2 is 1.75 bits per heavy atom. The number of rotatable bonds is 5. The van der Waals surface area contributed by atoms with Crippen molar-refractivity contribution in [3.8, 4) is 0 Å². The Morgan fingerprint density at radius 1 is 1.10 bits per heavy atom. The Labute approximate surface area is 131 Å². The summed E-state index contributed by atoms with van der Waals surface area (Å²) in [6.07, 6.45) is 6.25. The Morgan fingerprint density at radius 3 is 2.35 bits per heavy atom. The number of pyridine rings is 1. The van der Waals surface area contributed by atoms with Gasteiger partial charge in [0.2, 0.25) is 0 Å². The molecule has 20 heavy (non-hydrogen) atoms. The Hall–Kier alpha value is -0.670. The van der Waals surface area contributed by atoms with Gasteiger partial charge >= 0.3 is 0 Å². The highest BCUT2D eigenvalue weighted by Crippen LogP contribution is 2.32. The van der Waals surface area contributed by atoms with Gasteiger partial charge in [-0.15, -0.1) is 0 Å². The maximum absolute atomic E-state index is 6.24. The van der Waals surface area contributed by atoms with E-state index in [4.69, 9.17) is 23.2 Å². The van der Waals surface area contributed by atoms with Crippen LogP contribution >= 0.6 is 23.2 Å². The number of halogens is 2. The van der Waals surface area contributed by atoms with E-state index < -0.39 is 0 Å². The van der Waals surface area contributed by atoms with Crippen LogP contribution in [-0.2, 0) is 0 Å². The number of hydrogen-bond donors (Lipinski definition) is 2. The van der Waals surface area contributed by atoms with Crippen molar-refractivity contribution in [2.24, 2.45) is 5.92 Å². The first-order chi connectivity index (χ1) is 9.63. The molecule has 2 rings (SSSR count). The standard InChI is InChI=1S/C15H23Cl2N3/c1-3-10-5-7-11(8-6-10)19-15-13(17)9-12(16)14(20-15)18-4-2/h9-11H,3-8H2,1-2H3,(H2,18,19,20). The molecule has 0 amide bonds. The van der Waals surface area contributed by atoms with Gasteiger partial charge in [-0.25, -0.2) is 4.98 Å². The van der Waals surface area contributed by atoms with Gasteiger partial charge < -0.3 is 10.6 Å². The van der Waals surface area contributed by atoms with Crippen molar-refractivity contribution in [3.63, 3.8) is 0 Å². The van der Waals surface area contributed by atoms with Gasteiger partial charge in [0.25, 0.3) is 0 Å². The Kier molecular flexibility index (Phi) is 5.79. The zero-order valence-electron chi connectivity index (χ0n) is 12.2. The van der Waals surface area contributed by atoms with Gasteiger partial charge in [-0.2, -0.15) is 0 Å². The topological polar surface area (TPSA) is 37.0 Å². The summed E-state index contributed by atoms with van der Waals surface area (Å²) in [7, 11) is 0. The summed E-state index contributed by atoms with van der Waals surface area (Å²) in [5, 5.41) is 7.79. The zero-order valence-corrected chi connectivity index (χ0v) is 13.7. The molecule has 2 N–H and O–H groups in total. The molecule has 1 aliphatic rings. The van der Waals surface area contributed by atoms with E-state index >= 15 is 0 Å². The molecule has 0 radical (unpaired) electrons. The molecule has 1 fully saturated rings. The summed E-state index contributed by atoms with van der Waals surface area (Å²) in [4.78, 5) is 4.51. The van der Waals surface area contributed by atoms with Crippen LogP contribution in [0.25, 0.3) is 0 Å². The van der Waals surface area contributed by atoms with Crippen molar-refractivity contribution in [2.75, 3.05) is 17.2 Å². The van der Waals surface area contributed by atoms with Crippen LogP contribution in [0.3, 0.4) is 0 Å². The number of nitrogens with one attached hydrogen (secondary N) is 2. The lowest BCUT2D eigenvalue weighted by Gasteiger charge is -2.29. The fourth-order valence-electron chi connectivity index (χ4n) is 2.77. The number of hydrogen-bond acceptors (Lipinski definition) is 3. The molecule has 0 bridgehead atoms. The summed E-state index contributed by atoms with van der Waals surface area (Å²) in [5.41, 5.74) is 0. The predicted octanol–water partition coefficient (Wildman–Crippen LogP) is 5.20. The second-order valence-corrected chi connectivity index (χ2v) is 6.26. The lowest BCUT2D eigenvalue weighted by atomic mass is 9.84. The van der Waals surface area contributed by atoms with Crippen LogP contribution in [0.2, 0.25) is 10.0 Å². The largest absolute Gasteiger partial charge is 0.369 e. The maximum Gasteiger partial charge on any atom is 0.147 e. The van der Waals surface area contributed by atoms with Crippen molar-refractivity contribution in [1.29, 1.82) is 0 Å². The fraction of sp³-hybridized carbons (Fsp3) is 0.667. The van der Waals surface area contributed by atoms with Crippen LogP contribution in [0.4, 0.5) is 11.6 Å². The third-order valence-corrected chi connectivity index (χ3v) is 4.61.